The van der Waals surface area contributed by atoms with Crippen molar-refractivity contribution in [3.63, 3.8) is 0 Å². The van der Waals surface area contributed by atoms with Crippen molar-refractivity contribution in [3.8, 4) is 5.88 Å². The molecule has 4 heterocycles. The third-order valence-corrected chi connectivity index (χ3v) is 4.65. The minimum atomic E-state index is -0.119. The lowest BCUT2D eigenvalue weighted by Gasteiger charge is -2.35. The minimum Gasteiger partial charge on any atom is -0.476 e. The highest BCUT2D eigenvalue weighted by molar-refractivity contribution is 5.91. The molecular weight excluding hydrogens is 306 g/mol. The number of ether oxygens (including phenoxy) is 1. The lowest BCUT2D eigenvalue weighted by molar-refractivity contribution is 0.178. The molecule has 2 aromatic rings. The third kappa shape index (κ3) is 2.46. The Kier molecular flexibility index (Phi) is 3.76. The van der Waals surface area contributed by atoms with Crippen LogP contribution in [0.1, 0.15) is 37.1 Å². The highest BCUT2D eigenvalue weighted by atomic mass is 16.5. The van der Waals surface area contributed by atoms with E-state index < -0.39 is 0 Å². The van der Waals surface area contributed by atoms with E-state index in [2.05, 4.69) is 20.3 Å². The van der Waals surface area contributed by atoms with Gasteiger partial charge in [-0.1, -0.05) is 0 Å². The van der Waals surface area contributed by atoms with Gasteiger partial charge >= 0.3 is 6.03 Å². The number of hydrogen-bond donors (Lipinski definition) is 1. The number of amides is 2. The summed E-state index contributed by atoms with van der Waals surface area (Å²) in [5.74, 6) is 0.446. The maximum Gasteiger partial charge on any atom is 0.322 e. The predicted octanol–water partition coefficient (Wildman–Crippen LogP) is 2.56. The van der Waals surface area contributed by atoms with Crippen molar-refractivity contribution in [2.24, 2.45) is 0 Å². The lowest BCUT2D eigenvalue weighted by Crippen LogP contribution is -2.44. The summed E-state index contributed by atoms with van der Waals surface area (Å²) in [6.07, 6.45) is 7.79. The molecule has 1 saturated heterocycles. The van der Waals surface area contributed by atoms with Gasteiger partial charge in [-0.2, -0.15) is 0 Å². The van der Waals surface area contributed by atoms with Crippen LogP contribution in [0.25, 0.3) is 0 Å². The fourth-order valence-corrected chi connectivity index (χ4v) is 3.65. The Morgan fingerprint density at radius 2 is 2.33 bits per heavy atom. The Morgan fingerprint density at radius 3 is 3.21 bits per heavy atom. The number of nitrogens with one attached hydrogen (secondary N) is 1. The van der Waals surface area contributed by atoms with Gasteiger partial charge in [0.05, 0.1) is 18.3 Å². The molecule has 0 spiro atoms. The molecule has 2 aliphatic rings. The molecule has 2 amide bonds. The molecule has 4 rings (SSSR count). The van der Waals surface area contributed by atoms with Gasteiger partial charge in [0.15, 0.2) is 0 Å². The SMILES string of the molecule is CCOc1ncccc1NC(=O)N1C2CCC1c1cncnc1C2. The largest absolute Gasteiger partial charge is 0.476 e. The van der Waals surface area contributed by atoms with Crippen molar-refractivity contribution in [2.45, 2.75) is 38.3 Å². The molecule has 0 aromatic carbocycles. The quantitative estimate of drug-likeness (QED) is 0.938. The number of nitrogens with zero attached hydrogens (tertiary/aromatic N) is 4. The molecule has 0 saturated carbocycles. The number of carbonyl (C=O) groups is 1. The number of hydrogen-bond acceptors (Lipinski definition) is 5. The summed E-state index contributed by atoms with van der Waals surface area (Å²) in [5, 5.41) is 2.96. The highest BCUT2D eigenvalue weighted by Gasteiger charge is 2.43. The molecule has 2 aliphatic heterocycles. The molecule has 7 heteroatoms. The van der Waals surface area contributed by atoms with Gasteiger partial charge in [-0.15, -0.1) is 0 Å². The van der Waals surface area contributed by atoms with Crippen LogP contribution in [0.2, 0.25) is 0 Å². The molecular formula is C17H19N5O2. The monoisotopic (exact) mass is 325 g/mol. The molecule has 2 atom stereocenters. The molecule has 0 radical (unpaired) electrons. The fourth-order valence-electron chi connectivity index (χ4n) is 3.65. The van der Waals surface area contributed by atoms with Crippen molar-refractivity contribution in [3.05, 3.63) is 42.1 Å². The highest BCUT2D eigenvalue weighted by Crippen LogP contribution is 2.43. The summed E-state index contributed by atoms with van der Waals surface area (Å²) >= 11 is 0. The Hall–Kier alpha value is -2.70. The van der Waals surface area contributed by atoms with Crippen LogP contribution >= 0.6 is 0 Å². The van der Waals surface area contributed by atoms with Crippen molar-refractivity contribution in [1.29, 1.82) is 0 Å². The molecule has 2 unspecified atom stereocenters. The average Bonchev–Trinajstić information content (AvgIpc) is 2.92. The second-order valence-corrected chi connectivity index (χ2v) is 6.00. The summed E-state index contributed by atoms with van der Waals surface area (Å²) in [7, 11) is 0. The average molecular weight is 325 g/mol. The van der Waals surface area contributed by atoms with E-state index in [9.17, 15) is 4.79 Å². The van der Waals surface area contributed by atoms with E-state index in [0.717, 1.165) is 30.5 Å². The Morgan fingerprint density at radius 1 is 1.42 bits per heavy atom. The molecule has 2 aromatic heterocycles. The van der Waals surface area contributed by atoms with Gasteiger partial charge in [0.2, 0.25) is 5.88 Å². The normalized spacial score (nSPS) is 21.3. The second kappa shape index (κ2) is 6.07. The zero-order valence-corrected chi connectivity index (χ0v) is 13.5. The molecule has 2 bridgehead atoms. The summed E-state index contributed by atoms with van der Waals surface area (Å²) in [6, 6.07) is 3.70. The Balaban J connectivity index is 1.58. The fraction of sp³-hybridized carbons (Fsp3) is 0.412. The number of aromatic nitrogens is 3. The van der Waals surface area contributed by atoms with E-state index in [1.54, 1.807) is 24.7 Å². The van der Waals surface area contributed by atoms with Crippen molar-refractivity contribution < 1.29 is 9.53 Å². The molecule has 1 N–H and O–H groups in total. The third-order valence-electron chi connectivity index (χ3n) is 4.65. The first kappa shape index (κ1) is 14.9. The van der Waals surface area contributed by atoms with E-state index in [4.69, 9.17) is 4.74 Å². The van der Waals surface area contributed by atoms with Crippen molar-refractivity contribution >= 4 is 11.7 Å². The summed E-state index contributed by atoms with van der Waals surface area (Å²) in [4.78, 5) is 27.5. The minimum absolute atomic E-state index is 0.0483. The van der Waals surface area contributed by atoms with E-state index in [1.807, 2.05) is 18.0 Å². The topological polar surface area (TPSA) is 80.2 Å². The van der Waals surface area contributed by atoms with Crippen LogP contribution in [-0.4, -0.2) is 38.5 Å². The first-order valence-corrected chi connectivity index (χ1v) is 8.24. The van der Waals surface area contributed by atoms with E-state index in [-0.39, 0.29) is 18.1 Å². The predicted molar refractivity (Wildman–Crippen MR) is 87.8 cm³/mol. The number of rotatable bonds is 3. The zero-order chi connectivity index (χ0) is 16.5. The summed E-state index contributed by atoms with van der Waals surface area (Å²) < 4.78 is 5.49. The van der Waals surface area contributed by atoms with Crippen LogP contribution in [0, 0.1) is 0 Å². The van der Waals surface area contributed by atoms with Gasteiger partial charge in [-0.25, -0.2) is 19.7 Å². The summed E-state index contributed by atoms with van der Waals surface area (Å²) in [6.45, 7) is 2.39. The molecule has 7 nitrogen and oxygen atoms in total. The van der Waals surface area contributed by atoms with E-state index in [1.165, 1.54) is 0 Å². The molecule has 124 valence electrons. The summed E-state index contributed by atoms with van der Waals surface area (Å²) in [5.41, 5.74) is 2.73. The number of fused-ring (bicyclic) bond motifs is 4. The standard InChI is InChI=1S/C17H19N5O2/c1-2-24-16-13(4-3-7-19-16)21-17(23)22-11-5-6-15(22)12-9-18-10-20-14(12)8-11/h3-4,7,9-11,15H,2,5-6,8H2,1H3,(H,21,23). The van der Waals surface area contributed by atoms with Crippen LogP contribution in [0.5, 0.6) is 5.88 Å². The first-order valence-electron chi connectivity index (χ1n) is 8.24. The second-order valence-electron chi connectivity index (χ2n) is 6.00. The van der Waals surface area contributed by atoms with Gasteiger partial charge in [-0.05, 0) is 31.9 Å². The van der Waals surface area contributed by atoms with Gasteiger partial charge in [-0.3, -0.25) is 0 Å². The lowest BCUT2D eigenvalue weighted by atomic mass is 10.00. The van der Waals surface area contributed by atoms with Crippen LogP contribution in [0.4, 0.5) is 10.5 Å². The maximum absolute atomic E-state index is 12.9. The van der Waals surface area contributed by atoms with Crippen LogP contribution < -0.4 is 10.1 Å². The van der Waals surface area contributed by atoms with Gasteiger partial charge in [0.25, 0.3) is 0 Å². The Bertz CT molecular complexity index is 766. The maximum atomic E-state index is 12.9. The van der Waals surface area contributed by atoms with Crippen molar-refractivity contribution in [1.82, 2.24) is 19.9 Å². The number of pyridine rings is 1. The van der Waals surface area contributed by atoms with Gasteiger partial charge in [0, 0.05) is 30.4 Å². The Labute approximate surface area is 140 Å². The molecule has 1 fully saturated rings. The van der Waals surface area contributed by atoms with Crippen molar-refractivity contribution in [2.75, 3.05) is 11.9 Å². The number of urea groups is 1. The van der Waals surface area contributed by atoms with Gasteiger partial charge < -0.3 is 15.0 Å². The van der Waals surface area contributed by atoms with Crippen LogP contribution in [-0.2, 0) is 6.42 Å². The molecule has 0 aliphatic carbocycles. The van der Waals surface area contributed by atoms with E-state index in [0.29, 0.717) is 18.2 Å². The van der Waals surface area contributed by atoms with Crippen LogP contribution in [0.15, 0.2) is 30.9 Å². The number of carbonyl (C=O) groups excluding carboxylic acids is 1. The zero-order valence-electron chi connectivity index (χ0n) is 13.5. The number of anilines is 1. The first-order chi connectivity index (χ1) is 11.8. The smallest absolute Gasteiger partial charge is 0.322 e. The molecule has 24 heavy (non-hydrogen) atoms. The van der Waals surface area contributed by atoms with E-state index >= 15 is 0 Å². The van der Waals surface area contributed by atoms with Crippen LogP contribution in [0.3, 0.4) is 0 Å². The van der Waals surface area contributed by atoms with Gasteiger partial charge in [0.1, 0.15) is 12.0 Å².